The number of rotatable bonds is 15. The van der Waals surface area contributed by atoms with Gasteiger partial charge in [-0.25, -0.2) is 15.0 Å². The number of nitrogens with two attached hydrogens (primary N) is 1. The number of β-amino-alcohol motifs (C(OH)–C–C–N with tert-alkyl or cyclic N) is 1. The molecule has 3 aliphatic rings. The van der Waals surface area contributed by atoms with Gasteiger partial charge in [-0.1, -0.05) is 30.3 Å². The van der Waals surface area contributed by atoms with E-state index in [0.29, 0.717) is 55.5 Å². The number of amides is 2. The van der Waals surface area contributed by atoms with Gasteiger partial charge in [-0.3, -0.25) is 24.2 Å². The van der Waals surface area contributed by atoms with Crippen molar-refractivity contribution < 1.29 is 24.2 Å². The van der Waals surface area contributed by atoms with Gasteiger partial charge in [0.2, 0.25) is 0 Å². The summed E-state index contributed by atoms with van der Waals surface area (Å²) in [7, 11) is 1.44. The van der Waals surface area contributed by atoms with E-state index in [1.807, 2.05) is 30.3 Å². The van der Waals surface area contributed by atoms with Gasteiger partial charge in [-0.2, -0.15) is 5.26 Å². The molecule has 3 aromatic rings. The molecule has 3 aliphatic heterocycles. The highest BCUT2D eigenvalue weighted by molar-refractivity contribution is 6.45. The van der Waals surface area contributed by atoms with E-state index in [-0.39, 0.29) is 29.6 Å². The number of Topliss-reactive ketones (excluding diaryl/α,β-unsaturated/α-hetero) is 1. The van der Waals surface area contributed by atoms with Crippen LogP contribution in [-0.4, -0.2) is 181 Å². The molecule has 17 heteroatoms. The lowest BCUT2D eigenvalue weighted by molar-refractivity contribution is -0.126. The van der Waals surface area contributed by atoms with Crippen LogP contribution in [0, 0.1) is 11.3 Å². The van der Waals surface area contributed by atoms with Crippen LogP contribution < -0.4 is 15.8 Å². The van der Waals surface area contributed by atoms with Crippen LogP contribution >= 0.6 is 0 Å². The van der Waals surface area contributed by atoms with Crippen molar-refractivity contribution in [2.75, 3.05) is 112 Å². The third-order valence-corrected chi connectivity index (χ3v) is 11.1. The van der Waals surface area contributed by atoms with Gasteiger partial charge < -0.3 is 40.6 Å². The van der Waals surface area contributed by atoms with Crippen molar-refractivity contribution in [2.24, 2.45) is 15.7 Å². The zero-order valence-electron chi connectivity index (χ0n) is 33.2. The summed E-state index contributed by atoms with van der Waals surface area (Å²) in [6, 6.07) is 11.7. The summed E-state index contributed by atoms with van der Waals surface area (Å²) in [4.78, 5) is 66.5. The highest BCUT2D eigenvalue weighted by Crippen LogP contribution is 2.34. The first-order valence-electron chi connectivity index (χ1n) is 20.0. The molecular formula is C41H54N12O5. The van der Waals surface area contributed by atoms with E-state index >= 15 is 0 Å². The predicted molar refractivity (Wildman–Crippen MR) is 222 cm³/mol. The minimum Gasteiger partial charge on any atom is -0.494 e. The number of nitrogens with zero attached hydrogens (tertiary/aromatic N) is 9. The van der Waals surface area contributed by atoms with E-state index in [1.54, 1.807) is 0 Å². The number of likely N-dealkylation sites (tertiary alicyclic amines) is 1. The topological polar surface area (TPSA) is 212 Å². The summed E-state index contributed by atoms with van der Waals surface area (Å²) in [5.74, 6) is -1.69. The molecule has 308 valence electrons. The first kappa shape index (κ1) is 42.1. The minimum atomic E-state index is -0.709. The number of amidine groups is 1. The smallest absolute Gasteiger partial charge is 0.295 e. The number of piperazine rings is 2. The molecule has 0 saturated carbocycles. The van der Waals surface area contributed by atoms with E-state index < -0.39 is 17.6 Å². The fourth-order valence-corrected chi connectivity index (χ4v) is 7.73. The Balaban J connectivity index is 0.956. The van der Waals surface area contributed by atoms with Gasteiger partial charge in [0.05, 0.1) is 48.0 Å². The first-order chi connectivity index (χ1) is 28.3. The lowest BCUT2D eigenvalue weighted by atomic mass is 9.93. The minimum absolute atomic E-state index is 0.114. The summed E-state index contributed by atoms with van der Waals surface area (Å²) in [5, 5.41) is 22.1. The van der Waals surface area contributed by atoms with Crippen molar-refractivity contribution in [3.63, 3.8) is 0 Å². The first-order valence-corrected chi connectivity index (χ1v) is 20.0. The number of carbonyl (C=O) groups is 3. The normalized spacial score (nSPS) is 17.8. The molecular weight excluding hydrogens is 741 g/mol. The highest BCUT2D eigenvalue weighted by atomic mass is 16.5. The Bertz CT molecular complexity index is 2020. The molecule has 0 atom stereocenters. The number of pyridine rings is 1. The van der Waals surface area contributed by atoms with Crippen molar-refractivity contribution >= 4 is 52.1 Å². The number of methoxy groups -OCH3 is 1. The third-order valence-electron chi connectivity index (χ3n) is 11.1. The zero-order chi connectivity index (χ0) is 40.9. The Morgan fingerprint density at radius 2 is 1.57 bits per heavy atom. The van der Waals surface area contributed by atoms with Crippen molar-refractivity contribution in [2.45, 2.75) is 19.3 Å². The molecule has 3 saturated heterocycles. The number of fused-ring (bicyclic) bond motifs is 1. The lowest BCUT2D eigenvalue weighted by Crippen LogP contribution is -2.50. The summed E-state index contributed by atoms with van der Waals surface area (Å²) >= 11 is 0. The maximum absolute atomic E-state index is 13.6. The van der Waals surface area contributed by atoms with Gasteiger partial charge in [0, 0.05) is 91.3 Å². The summed E-state index contributed by atoms with van der Waals surface area (Å²) in [5.41, 5.74) is 8.84. The molecule has 17 nitrogen and oxygen atoms in total. The maximum Gasteiger partial charge on any atom is 0.295 e. The molecule has 0 unspecified atom stereocenters. The van der Waals surface area contributed by atoms with Crippen LogP contribution in [0.5, 0.6) is 5.75 Å². The van der Waals surface area contributed by atoms with Crippen LogP contribution in [0.15, 0.2) is 58.3 Å². The number of hydrogen-bond acceptors (Lipinski definition) is 12. The number of aliphatic hydroxyl groups is 1. The van der Waals surface area contributed by atoms with Crippen molar-refractivity contribution in [1.82, 2.24) is 39.8 Å². The Morgan fingerprint density at radius 3 is 2.17 bits per heavy atom. The van der Waals surface area contributed by atoms with Crippen LogP contribution in [0.3, 0.4) is 0 Å². The van der Waals surface area contributed by atoms with Crippen LogP contribution in [-0.2, 0) is 9.59 Å². The largest absolute Gasteiger partial charge is 0.494 e. The van der Waals surface area contributed by atoms with Crippen LogP contribution in [0.4, 0.5) is 5.82 Å². The fourth-order valence-electron chi connectivity index (χ4n) is 7.73. The van der Waals surface area contributed by atoms with Crippen molar-refractivity contribution in [3.8, 4) is 11.8 Å². The number of nitriles is 1. The number of aliphatic hydroxyl groups excluding tert-OH is 1. The molecule has 6 rings (SSSR count). The number of aliphatic imine (C=N–C) groups is 2. The fraction of sp³-hybridized carbons (Fsp3) is 0.488. The van der Waals surface area contributed by atoms with Crippen molar-refractivity contribution in [3.05, 3.63) is 59.4 Å². The standard InChI is InChI=1S/C41H54N12O5/c1-58-34-28-46-39(36-35(34)33(27-45-36)37(55)41(57)53-13-8-31(9-14-53)32(26-42)30-6-3-2-4-7-30)48-29-47-38(43)40(56)44-10-15-51-20-16-49(17-21-51)11-5-12-50-18-22-52(23-19-50)24-25-54/h2-4,6-7,27-29,45,54H,5,8-25H2,1H3,(H,44,56)(H2,43,46,47,48). The average molecular weight is 795 g/mol. The SMILES string of the molecule is COc1cnc(N=CN=C(N)C(=O)NCCN2CCN(CCCN3CCN(CCO)CC3)CC2)c2[nH]cc(C(=O)C(=O)N3CCC(=C(C#N)c4ccccc4)CC3)c12. The maximum atomic E-state index is 13.6. The van der Waals surface area contributed by atoms with Crippen LogP contribution in [0.1, 0.15) is 35.2 Å². The number of nitrogens with one attached hydrogen (secondary N) is 2. The highest BCUT2D eigenvalue weighted by Gasteiger charge is 2.30. The van der Waals surface area contributed by atoms with Crippen molar-refractivity contribution in [1.29, 1.82) is 5.26 Å². The van der Waals surface area contributed by atoms with Gasteiger partial charge >= 0.3 is 0 Å². The average Bonchev–Trinajstić information content (AvgIpc) is 3.71. The quantitative estimate of drug-likeness (QED) is 0.0561. The molecule has 0 aliphatic carbocycles. The second-order valence-electron chi connectivity index (χ2n) is 14.6. The van der Waals surface area contributed by atoms with E-state index in [9.17, 15) is 19.6 Å². The monoisotopic (exact) mass is 794 g/mol. The van der Waals surface area contributed by atoms with Gasteiger partial charge in [0.15, 0.2) is 11.7 Å². The molecule has 1 aromatic carbocycles. The van der Waals surface area contributed by atoms with Gasteiger partial charge in [0.25, 0.3) is 17.6 Å². The summed E-state index contributed by atoms with van der Waals surface area (Å²) in [6.45, 7) is 13.0. The number of hydrogen-bond donors (Lipinski definition) is 4. The number of aromatic nitrogens is 2. The molecule has 0 bridgehead atoms. The Hall–Kier alpha value is -5.51. The second kappa shape index (κ2) is 20.8. The van der Waals surface area contributed by atoms with E-state index in [4.69, 9.17) is 15.6 Å². The van der Waals surface area contributed by atoms with E-state index in [0.717, 1.165) is 95.9 Å². The van der Waals surface area contributed by atoms with Crippen LogP contribution in [0.2, 0.25) is 0 Å². The number of ether oxygens (including phenoxy) is 1. The van der Waals surface area contributed by atoms with E-state index in [2.05, 4.69) is 50.9 Å². The van der Waals surface area contributed by atoms with Gasteiger partial charge in [-0.15, -0.1) is 0 Å². The number of piperidine rings is 1. The van der Waals surface area contributed by atoms with Crippen LogP contribution in [0.25, 0.3) is 16.5 Å². The molecule has 5 N–H and O–H groups in total. The Labute approximate surface area is 338 Å². The molecule has 58 heavy (non-hydrogen) atoms. The van der Waals surface area contributed by atoms with E-state index in [1.165, 1.54) is 24.4 Å². The lowest BCUT2D eigenvalue weighted by Gasteiger charge is -2.36. The molecule has 0 radical (unpaired) electrons. The zero-order valence-corrected chi connectivity index (χ0v) is 33.2. The number of allylic oxidation sites excluding steroid dienone is 1. The van der Waals surface area contributed by atoms with Gasteiger partial charge in [0.1, 0.15) is 12.1 Å². The molecule has 2 aromatic heterocycles. The molecule has 5 heterocycles. The third kappa shape index (κ3) is 10.7. The number of ketones is 1. The number of H-pyrrole nitrogens is 1. The molecule has 3 fully saturated rings. The second-order valence-corrected chi connectivity index (χ2v) is 14.6. The summed E-state index contributed by atoms with van der Waals surface area (Å²) < 4.78 is 5.49. The number of carbonyl (C=O) groups excluding carboxylic acids is 3. The molecule has 2 amide bonds. The summed E-state index contributed by atoms with van der Waals surface area (Å²) in [6.07, 6.45) is 6.08. The molecule has 0 spiro atoms. The Morgan fingerprint density at radius 1 is 0.948 bits per heavy atom. The number of benzene rings is 1. The Kier molecular flexibility index (Phi) is 15.1. The van der Waals surface area contributed by atoms with Gasteiger partial charge in [-0.05, 0) is 43.5 Å². The number of aromatic amines is 1. The predicted octanol–water partition coefficient (Wildman–Crippen LogP) is 1.10.